The van der Waals surface area contributed by atoms with Crippen LogP contribution in [0.2, 0.25) is 0 Å². The Morgan fingerprint density at radius 3 is 2.43 bits per heavy atom. The summed E-state index contributed by atoms with van der Waals surface area (Å²) >= 11 is 3.59. The first-order valence-electron chi connectivity index (χ1n) is 6.96. The van der Waals surface area contributed by atoms with Crippen LogP contribution in [0.25, 0.3) is 10.9 Å². The Bertz CT molecular complexity index is 596. The summed E-state index contributed by atoms with van der Waals surface area (Å²) in [5.41, 5.74) is 3.17. The average Bonchev–Trinajstić information content (AvgIpc) is 2.48. The van der Waals surface area contributed by atoms with Crippen LogP contribution in [-0.4, -0.2) is 45.5 Å². The molecular formula is C16H21BrN2O2. The van der Waals surface area contributed by atoms with Crippen LogP contribution in [0.3, 0.4) is 0 Å². The number of methoxy groups -OCH3 is 2. The Balaban J connectivity index is 2.47. The minimum atomic E-state index is 0.681. The second kappa shape index (κ2) is 7.73. The number of aromatic nitrogens is 1. The first-order chi connectivity index (χ1) is 10.2. The molecule has 0 aliphatic carbocycles. The molecule has 2 rings (SSSR count). The predicted octanol–water partition coefficient (Wildman–Crippen LogP) is 3.40. The molecule has 0 aliphatic rings. The summed E-state index contributed by atoms with van der Waals surface area (Å²) in [6.45, 7) is 5.03. The minimum absolute atomic E-state index is 0.681. The monoisotopic (exact) mass is 352 g/mol. The highest BCUT2D eigenvalue weighted by Gasteiger charge is 2.13. The van der Waals surface area contributed by atoms with Crippen LogP contribution in [0.5, 0.6) is 0 Å². The third-order valence-electron chi connectivity index (χ3n) is 3.37. The van der Waals surface area contributed by atoms with E-state index in [9.17, 15) is 0 Å². The van der Waals surface area contributed by atoms with E-state index in [1.54, 1.807) is 14.2 Å². The van der Waals surface area contributed by atoms with Gasteiger partial charge in [-0.3, -0.25) is 4.98 Å². The van der Waals surface area contributed by atoms with E-state index in [4.69, 9.17) is 9.47 Å². The summed E-state index contributed by atoms with van der Waals surface area (Å²) in [5.74, 6) is 0. The quantitative estimate of drug-likeness (QED) is 0.764. The van der Waals surface area contributed by atoms with Gasteiger partial charge in [-0.15, -0.1) is 0 Å². The van der Waals surface area contributed by atoms with E-state index in [1.165, 1.54) is 5.69 Å². The maximum atomic E-state index is 5.23. The molecule has 4 nitrogen and oxygen atoms in total. The summed E-state index contributed by atoms with van der Waals surface area (Å²) in [4.78, 5) is 6.93. The van der Waals surface area contributed by atoms with Gasteiger partial charge < -0.3 is 14.4 Å². The van der Waals surface area contributed by atoms with Crippen LogP contribution in [0.15, 0.2) is 28.7 Å². The topological polar surface area (TPSA) is 34.6 Å². The lowest BCUT2D eigenvalue weighted by Crippen LogP contribution is -2.31. The van der Waals surface area contributed by atoms with E-state index in [1.807, 2.05) is 19.1 Å². The molecule has 0 fully saturated rings. The highest BCUT2D eigenvalue weighted by molar-refractivity contribution is 9.10. The van der Waals surface area contributed by atoms with Crippen molar-refractivity contribution in [3.63, 3.8) is 0 Å². The average molecular weight is 353 g/mol. The number of pyridine rings is 1. The van der Waals surface area contributed by atoms with Crippen molar-refractivity contribution in [1.82, 2.24) is 4.98 Å². The van der Waals surface area contributed by atoms with Gasteiger partial charge in [-0.1, -0.05) is 12.1 Å². The number of nitrogens with zero attached hydrogens (tertiary/aromatic N) is 2. The smallest absolute Gasteiger partial charge is 0.0867 e. The Labute approximate surface area is 134 Å². The number of halogens is 1. The second-order valence-electron chi connectivity index (χ2n) is 4.89. The standard InChI is InChI=1S/C16H21BrN2O2/c1-12-11-15(19(7-9-20-2)8-10-21-3)13-5-4-6-14(17)16(13)18-12/h4-6,11H,7-10H2,1-3H3. The van der Waals surface area contributed by atoms with Gasteiger partial charge in [-0.05, 0) is 35.0 Å². The Morgan fingerprint density at radius 2 is 1.81 bits per heavy atom. The van der Waals surface area contributed by atoms with Gasteiger partial charge in [0.05, 0.1) is 18.7 Å². The van der Waals surface area contributed by atoms with Gasteiger partial charge in [0.15, 0.2) is 0 Å². The number of rotatable bonds is 7. The lowest BCUT2D eigenvalue weighted by Gasteiger charge is -2.26. The zero-order valence-corrected chi connectivity index (χ0v) is 14.3. The number of fused-ring (bicyclic) bond motifs is 1. The zero-order chi connectivity index (χ0) is 15.2. The number of hydrogen-bond donors (Lipinski definition) is 0. The Kier molecular flexibility index (Phi) is 5.96. The fraction of sp³-hybridized carbons (Fsp3) is 0.438. The van der Waals surface area contributed by atoms with Gasteiger partial charge in [0.25, 0.3) is 0 Å². The molecule has 1 heterocycles. The first-order valence-corrected chi connectivity index (χ1v) is 7.75. The van der Waals surface area contributed by atoms with E-state index in [2.05, 4.69) is 37.9 Å². The number of ether oxygens (including phenoxy) is 2. The maximum Gasteiger partial charge on any atom is 0.0867 e. The number of anilines is 1. The van der Waals surface area contributed by atoms with Crippen molar-refractivity contribution in [3.8, 4) is 0 Å². The SMILES string of the molecule is COCCN(CCOC)c1cc(C)nc2c(Br)cccc12. The molecule has 21 heavy (non-hydrogen) atoms. The van der Waals surface area contributed by atoms with E-state index in [-0.39, 0.29) is 0 Å². The number of hydrogen-bond acceptors (Lipinski definition) is 4. The molecule has 114 valence electrons. The Hall–Kier alpha value is -1.17. The van der Waals surface area contributed by atoms with Crippen LogP contribution in [0.1, 0.15) is 5.69 Å². The molecule has 0 saturated heterocycles. The van der Waals surface area contributed by atoms with Crippen molar-refractivity contribution in [2.75, 3.05) is 45.4 Å². The summed E-state index contributed by atoms with van der Waals surface area (Å²) in [6.07, 6.45) is 0. The number of para-hydroxylation sites is 1. The lowest BCUT2D eigenvalue weighted by molar-refractivity contribution is 0.190. The molecule has 0 N–H and O–H groups in total. The normalized spacial score (nSPS) is 11.0. The van der Waals surface area contributed by atoms with E-state index in [0.29, 0.717) is 13.2 Å². The zero-order valence-electron chi connectivity index (χ0n) is 12.7. The molecule has 0 bridgehead atoms. The van der Waals surface area contributed by atoms with Gasteiger partial charge in [-0.25, -0.2) is 0 Å². The van der Waals surface area contributed by atoms with Crippen LogP contribution in [0, 0.1) is 6.92 Å². The van der Waals surface area contributed by atoms with Gasteiger partial charge in [0.1, 0.15) is 0 Å². The van der Waals surface area contributed by atoms with Crippen LogP contribution in [-0.2, 0) is 9.47 Å². The molecule has 0 aliphatic heterocycles. The van der Waals surface area contributed by atoms with Gasteiger partial charge in [0.2, 0.25) is 0 Å². The predicted molar refractivity (Wildman–Crippen MR) is 90.1 cm³/mol. The van der Waals surface area contributed by atoms with Crippen LogP contribution >= 0.6 is 15.9 Å². The van der Waals surface area contributed by atoms with Crippen molar-refractivity contribution in [1.29, 1.82) is 0 Å². The third-order valence-corrected chi connectivity index (χ3v) is 4.01. The molecule has 0 amide bonds. The third kappa shape index (κ3) is 3.93. The summed E-state index contributed by atoms with van der Waals surface area (Å²) in [6, 6.07) is 8.29. The molecule has 5 heteroatoms. The number of aryl methyl sites for hydroxylation is 1. The van der Waals surface area contributed by atoms with Crippen molar-refractivity contribution in [2.45, 2.75) is 6.92 Å². The molecule has 1 aromatic carbocycles. The van der Waals surface area contributed by atoms with E-state index in [0.717, 1.165) is 34.2 Å². The highest BCUT2D eigenvalue weighted by atomic mass is 79.9. The van der Waals surface area contributed by atoms with Crippen LogP contribution < -0.4 is 4.90 Å². The molecule has 0 atom stereocenters. The van der Waals surface area contributed by atoms with Gasteiger partial charge >= 0.3 is 0 Å². The minimum Gasteiger partial charge on any atom is -0.383 e. The van der Waals surface area contributed by atoms with Gasteiger partial charge in [0, 0.05) is 48.5 Å². The van der Waals surface area contributed by atoms with Crippen molar-refractivity contribution >= 4 is 32.5 Å². The largest absolute Gasteiger partial charge is 0.383 e. The molecule has 0 radical (unpaired) electrons. The summed E-state index contributed by atoms with van der Waals surface area (Å²) in [7, 11) is 3.45. The fourth-order valence-electron chi connectivity index (χ4n) is 2.34. The lowest BCUT2D eigenvalue weighted by atomic mass is 10.1. The molecule has 2 aromatic rings. The van der Waals surface area contributed by atoms with Gasteiger partial charge in [-0.2, -0.15) is 0 Å². The maximum absolute atomic E-state index is 5.23. The van der Waals surface area contributed by atoms with E-state index < -0.39 is 0 Å². The Morgan fingerprint density at radius 1 is 1.14 bits per heavy atom. The highest BCUT2D eigenvalue weighted by Crippen LogP contribution is 2.31. The summed E-state index contributed by atoms with van der Waals surface area (Å²) < 4.78 is 11.5. The molecule has 0 saturated carbocycles. The number of benzene rings is 1. The second-order valence-corrected chi connectivity index (χ2v) is 5.75. The van der Waals surface area contributed by atoms with Crippen molar-refractivity contribution < 1.29 is 9.47 Å². The fourth-order valence-corrected chi connectivity index (χ4v) is 2.79. The molecular weight excluding hydrogens is 332 g/mol. The van der Waals surface area contributed by atoms with Crippen molar-refractivity contribution in [3.05, 3.63) is 34.4 Å². The molecule has 0 unspecified atom stereocenters. The van der Waals surface area contributed by atoms with Crippen molar-refractivity contribution in [2.24, 2.45) is 0 Å². The molecule has 0 spiro atoms. The molecule has 1 aromatic heterocycles. The summed E-state index contributed by atoms with van der Waals surface area (Å²) in [5, 5.41) is 1.14. The van der Waals surface area contributed by atoms with E-state index >= 15 is 0 Å². The van der Waals surface area contributed by atoms with Crippen LogP contribution in [0.4, 0.5) is 5.69 Å². The first kappa shape index (κ1) is 16.2.